The van der Waals surface area contributed by atoms with Crippen molar-refractivity contribution in [2.45, 2.75) is 38.1 Å². The van der Waals surface area contributed by atoms with Gasteiger partial charge in [-0.3, -0.25) is 0 Å². The smallest absolute Gasteiger partial charge is 0.227 e. The van der Waals surface area contributed by atoms with E-state index >= 15 is 0 Å². The number of nitrogens with zero attached hydrogens (tertiary/aromatic N) is 2. The first-order valence-electron chi connectivity index (χ1n) is 7.56. The molecule has 1 unspecified atom stereocenters. The number of benzene rings is 1. The molecule has 0 amide bonds. The van der Waals surface area contributed by atoms with Gasteiger partial charge in [-0.15, -0.1) is 0 Å². The van der Waals surface area contributed by atoms with E-state index in [9.17, 15) is 0 Å². The number of aryl methyl sites for hydroxylation is 1. The van der Waals surface area contributed by atoms with Crippen molar-refractivity contribution in [3.05, 3.63) is 30.2 Å². The van der Waals surface area contributed by atoms with E-state index in [4.69, 9.17) is 9.26 Å². The van der Waals surface area contributed by atoms with E-state index in [1.807, 2.05) is 24.3 Å². The molecule has 1 fully saturated rings. The molecule has 0 saturated carbocycles. The van der Waals surface area contributed by atoms with E-state index in [0.717, 1.165) is 30.7 Å². The molecule has 112 valence electrons. The summed E-state index contributed by atoms with van der Waals surface area (Å²) in [5.41, 5.74) is 0.866. The second kappa shape index (κ2) is 6.72. The summed E-state index contributed by atoms with van der Waals surface area (Å²) in [7, 11) is 1.65. The summed E-state index contributed by atoms with van der Waals surface area (Å²) in [6, 6.07) is 8.30. The molecule has 1 atom stereocenters. The van der Waals surface area contributed by atoms with Gasteiger partial charge < -0.3 is 14.6 Å². The van der Waals surface area contributed by atoms with E-state index < -0.39 is 0 Å². The van der Waals surface area contributed by atoms with Crippen molar-refractivity contribution in [3.8, 4) is 17.1 Å². The molecule has 0 radical (unpaired) electrons. The maximum absolute atomic E-state index is 5.37. The Morgan fingerprint density at radius 3 is 3.05 bits per heavy atom. The lowest BCUT2D eigenvalue weighted by atomic mass is 10.0. The predicted molar refractivity (Wildman–Crippen MR) is 80.2 cm³/mol. The van der Waals surface area contributed by atoms with Crippen molar-refractivity contribution in [2.75, 3.05) is 13.7 Å². The topological polar surface area (TPSA) is 60.2 Å². The molecule has 5 heteroatoms. The quantitative estimate of drug-likeness (QED) is 0.916. The first-order valence-corrected chi connectivity index (χ1v) is 7.56. The van der Waals surface area contributed by atoms with E-state index in [-0.39, 0.29) is 0 Å². The Balaban J connectivity index is 1.65. The van der Waals surface area contributed by atoms with Crippen molar-refractivity contribution in [2.24, 2.45) is 0 Å². The zero-order valence-electron chi connectivity index (χ0n) is 12.3. The molecule has 1 aromatic heterocycles. The molecular weight excluding hydrogens is 266 g/mol. The van der Waals surface area contributed by atoms with Gasteiger partial charge in [0.15, 0.2) is 0 Å². The fourth-order valence-corrected chi connectivity index (χ4v) is 2.76. The van der Waals surface area contributed by atoms with Crippen LogP contribution < -0.4 is 10.1 Å². The van der Waals surface area contributed by atoms with Crippen LogP contribution in [0.5, 0.6) is 5.75 Å². The Morgan fingerprint density at radius 1 is 1.33 bits per heavy atom. The van der Waals surface area contributed by atoms with Gasteiger partial charge in [0.25, 0.3) is 0 Å². The van der Waals surface area contributed by atoms with Gasteiger partial charge in [0.1, 0.15) is 5.75 Å². The summed E-state index contributed by atoms with van der Waals surface area (Å²) in [6.45, 7) is 1.13. The van der Waals surface area contributed by atoms with Crippen molar-refractivity contribution < 1.29 is 9.26 Å². The van der Waals surface area contributed by atoms with Gasteiger partial charge in [0, 0.05) is 12.5 Å². The Labute approximate surface area is 124 Å². The van der Waals surface area contributed by atoms with Crippen LogP contribution in [0.25, 0.3) is 11.4 Å². The molecule has 1 aromatic carbocycles. The van der Waals surface area contributed by atoms with Crippen LogP contribution in [0.1, 0.15) is 31.6 Å². The van der Waals surface area contributed by atoms with Crippen LogP contribution in [0.2, 0.25) is 0 Å². The number of para-hydroxylation sites is 1. The number of nitrogens with one attached hydrogen (secondary N) is 1. The average Bonchev–Trinajstić information content (AvgIpc) is 3.02. The molecule has 0 bridgehead atoms. The van der Waals surface area contributed by atoms with Crippen LogP contribution in [-0.4, -0.2) is 29.8 Å². The molecule has 2 aromatic rings. The third kappa shape index (κ3) is 3.42. The van der Waals surface area contributed by atoms with Gasteiger partial charge in [-0.25, -0.2) is 0 Å². The van der Waals surface area contributed by atoms with E-state index in [1.54, 1.807) is 7.11 Å². The van der Waals surface area contributed by atoms with E-state index in [1.165, 1.54) is 19.3 Å². The lowest BCUT2D eigenvalue weighted by Gasteiger charge is -2.22. The number of piperidine rings is 1. The zero-order chi connectivity index (χ0) is 14.5. The van der Waals surface area contributed by atoms with Gasteiger partial charge >= 0.3 is 0 Å². The molecule has 1 N–H and O–H groups in total. The first kappa shape index (κ1) is 14.1. The van der Waals surface area contributed by atoms with Gasteiger partial charge in [-0.2, -0.15) is 4.98 Å². The highest BCUT2D eigenvalue weighted by Gasteiger charge is 2.16. The second-order valence-corrected chi connectivity index (χ2v) is 5.40. The molecule has 2 heterocycles. The highest BCUT2D eigenvalue weighted by molar-refractivity contribution is 5.63. The lowest BCUT2D eigenvalue weighted by molar-refractivity contribution is 0.342. The highest BCUT2D eigenvalue weighted by atomic mass is 16.5. The van der Waals surface area contributed by atoms with Crippen LogP contribution in [0.4, 0.5) is 0 Å². The molecule has 0 aliphatic carbocycles. The van der Waals surface area contributed by atoms with Crippen LogP contribution >= 0.6 is 0 Å². The average molecular weight is 287 g/mol. The minimum absolute atomic E-state index is 0.584. The second-order valence-electron chi connectivity index (χ2n) is 5.40. The summed E-state index contributed by atoms with van der Waals surface area (Å²) < 4.78 is 10.7. The molecule has 1 aliphatic heterocycles. The van der Waals surface area contributed by atoms with E-state index in [2.05, 4.69) is 15.5 Å². The van der Waals surface area contributed by atoms with Crippen LogP contribution in [0.3, 0.4) is 0 Å². The maximum atomic E-state index is 5.37. The third-order valence-electron chi connectivity index (χ3n) is 3.94. The highest BCUT2D eigenvalue weighted by Crippen LogP contribution is 2.27. The fraction of sp³-hybridized carbons (Fsp3) is 0.500. The van der Waals surface area contributed by atoms with Gasteiger partial charge in [-0.1, -0.05) is 23.7 Å². The van der Waals surface area contributed by atoms with Crippen LogP contribution in [0.15, 0.2) is 28.8 Å². The Kier molecular flexibility index (Phi) is 4.50. The fourth-order valence-electron chi connectivity index (χ4n) is 2.76. The van der Waals surface area contributed by atoms with Crippen molar-refractivity contribution >= 4 is 0 Å². The molecule has 1 saturated heterocycles. The number of ether oxygens (including phenoxy) is 1. The van der Waals surface area contributed by atoms with Crippen LogP contribution in [0, 0.1) is 0 Å². The Morgan fingerprint density at radius 2 is 2.24 bits per heavy atom. The number of hydrogen-bond acceptors (Lipinski definition) is 5. The van der Waals surface area contributed by atoms with E-state index in [0.29, 0.717) is 17.8 Å². The Hall–Kier alpha value is -1.88. The Bertz CT molecular complexity index is 576. The molecular formula is C16H21N3O2. The van der Waals surface area contributed by atoms with Gasteiger partial charge in [0.05, 0.1) is 12.7 Å². The minimum Gasteiger partial charge on any atom is -0.496 e. The maximum Gasteiger partial charge on any atom is 0.227 e. The summed E-state index contributed by atoms with van der Waals surface area (Å²) in [4.78, 5) is 4.49. The number of aromatic nitrogens is 2. The normalized spacial score (nSPS) is 18.6. The summed E-state index contributed by atoms with van der Waals surface area (Å²) in [6.07, 6.45) is 5.71. The standard InChI is InChI=1S/C16H21N3O2/c1-20-14-8-3-2-7-13(14)16-18-15(21-19-16)10-9-12-6-4-5-11-17-12/h2-3,7-8,12,17H,4-6,9-11H2,1H3. The molecule has 1 aliphatic rings. The van der Waals surface area contributed by atoms with Gasteiger partial charge in [-0.05, 0) is 37.9 Å². The monoisotopic (exact) mass is 287 g/mol. The molecule has 3 rings (SSSR count). The van der Waals surface area contributed by atoms with Crippen molar-refractivity contribution in [3.63, 3.8) is 0 Å². The van der Waals surface area contributed by atoms with Crippen LogP contribution in [-0.2, 0) is 6.42 Å². The molecule has 0 spiro atoms. The largest absolute Gasteiger partial charge is 0.496 e. The molecule has 5 nitrogen and oxygen atoms in total. The predicted octanol–water partition coefficient (Wildman–Crippen LogP) is 2.82. The SMILES string of the molecule is COc1ccccc1-c1noc(CCC2CCCCN2)n1. The summed E-state index contributed by atoms with van der Waals surface area (Å²) in [5, 5.41) is 7.61. The first-order chi connectivity index (χ1) is 10.4. The number of rotatable bonds is 5. The zero-order valence-corrected chi connectivity index (χ0v) is 12.3. The summed E-state index contributed by atoms with van der Waals surface area (Å²) >= 11 is 0. The molecule has 21 heavy (non-hydrogen) atoms. The number of hydrogen-bond donors (Lipinski definition) is 1. The number of methoxy groups -OCH3 is 1. The lowest BCUT2D eigenvalue weighted by Crippen LogP contribution is -2.34. The van der Waals surface area contributed by atoms with Crippen molar-refractivity contribution in [1.29, 1.82) is 0 Å². The summed E-state index contributed by atoms with van der Waals surface area (Å²) in [5.74, 6) is 2.06. The third-order valence-corrected chi connectivity index (χ3v) is 3.94. The minimum atomic E-state index is 0.584. The van der Waals surface area contributed by atoms with Gasteiger partial charge in [0.2, 0.25) is 11.7 Å². The van der Waals surface area contributed by atoms with Crippen molar-refractivity contribution in [1.82, 2.24) is 15.5 Å².